The van der Waals surface area contributed by atoms with Gasteiger partial charge in [0.15, 0.2) is 5.78 Å². The van der Waals surface area contributed by atoms with Crippen LogP contribution < -0.4 is 15.0 Å². The van der Waals surface area contributed by atoms with Crippen molar-refractivity contribution < 1.29 is 19.1 Å². The normalized spacial score (nSPS) is 23.9. The highest BCUT2D eigenvalue weighted by molar-refractivity contribution is 6.22. The maximum absolute atomic E-state index is 13.3. The number of hydrogen-bond donors (Lipinski definition) is 1. The minimum atomic E-state index is -0.603. The Bertz CT molecular complexity index is 1210. The zero-order valence-corrected chi connectivity index (χ0v) is 19.3. The van der Waals surface area contributed by atoms with E-state index in [9.17, 15) is 14.4 Å². The largest absolute Gasteiger partial charge is 0.497 e. The number of ketones is 1. The maximum Gasteiger partial charge on any atom is 0.257 e. The number of carbonyl (C=O) groups is 3. The van der Waals surface area contributed by atoms with Gasteiger partial charge in [0.2, 0.25) is 5.91 Å². The van der Waals surface area contributed by atoms with Crippen LogP contribution in [-0.2, 0) is 14.4 Å². The number of benzene rings is 2. The molecule has 2 aromatic carbocycles. The van der Waals surface area contributed by atoms with E-state index < -0.39 is 6.04 Å². The number of allylic oxidation sites excluding steroid dienone is 2. The van der Waals surface area contributed by atoms with Crippen LogP contribution in [0.4, 0.5) is 5.69 Å². The molecule has 2 heterocycles. The van der Waals surface area contributed by atoms with Crippen LogP contribution in [0.3, 0.4) is 0 Å². The summed E-state index contributed by atoms with van der Waals surface area (Å²) in [5.74, 6) is 1.00. The predicted molar refractivity (Wildman–Crippen MR) is 129 cm³/mol. The lowest BCUT2D eigenvalue weighted by Gasteiger charge is -2.26. The molecule has 174 valence electrons. The molecule has 3 aliphatic rings. The zero-order valence-electron chi connectivity index (χ0n) is 19.3. The second-order valence-electron chi connectivity index (χ2n) is 8.84. The summed E-state index contributed by atoms with van der Waals surface area (Å²) in [6, 6.07) is 14.4. The topological polar surface area (TPSA) is 79.0 Å². The highest BCUT2D eigenvalue weighted by atomic mass is 16.5. The molecular formula is C27H27N3O4. The third-order valence-corrected chi connectivity index (χ3v) is 6.68. The van der Waals surface area contributed by atoms with Crippen molar-refractivity contribution in [2.45, 2.75) is 32.2 Å². The van der Waals surface area contributed by atoms with Crippen LogP contribution in [0.1, 0.15) is 30.4 Å². The van der Waals surface area contributed by atoms with Crippen LogP contribution in [0.2, 0.25) is 0 Å². The minimum Gasteiger partial charge on any atom is -0.497 e. The molecule has 7 heteroatoms. The van der Waals surface area contributed by atoms with Crippen LogP contribution in [0.25, 0.3) is 6.08 Å². The van der Waals surface area contributed by atoms with E-state index in [0.717, 1.165) is 22.4 Å². The Labute approximate surface area is 198 Å². The lowest BCUT2D eigenvalue weighted by atomic mass is 10.1. The molecule has 2 aromatic rings. The predicted octanol–water partition coefficient (Wildman–Crippen LogP) is 3.20. The van der Waals surface area contributed by atoms with Gasteiger partial charge in [-0.1, -0.05) is 29.8 Å². The van der Waals surface area contributed by atoms with E-state index in [1.165, 1.54) is 4.90 Å². The molecule has 2 saturated heterocycles. The molecule has 0 aromatic heterocycles. The van der Waals surface area contributed by atoms with E-state index >= 15 is 0 Å². The van der Waals surface area contributed by atoms with E-state index in [1.54, 1.807) is 19.2 Å². The molecule has 7 nitrogen and oxygen atoms in total. The average molecular weight is 458 g/mol. The molecule has 1 N–H and O–H groups in total. The standard InChI is InChI=1S/C27H27N3O4/c1-17-3-8-20(9-4-17)30-24(31)16-23(27(30)33)29-14-13-28-26(29)22-12-7-19(25(22)32)15-18-5-10-21(34-2)11-6-18/h3-6,8-11,15,23,28H,7,12-14,16H2,1-2H3. The first-order valence-corrected chi connectivity index (χ1v) is 11.5. The second kappa shape index (κ2) is 8.82. The van der Waals surface area contributed by atoms with Gasteiger partial charge in [-0.25, -0.2) is 4.90 Å². The third-order valence-electron chi connectivity index (χ3n) is 6.68. The van der Waals surface area contributed by atoms with Gasteiger partial charge in [-0.2, -0.15) is 0 Å². The number of hydrogen-bond acceptors (Lipinski definition) is 6. The first-order valence-electron chi connectivity index (χ1n) is 11.5. The van der Waals surface area contributed by atoms with Crippen LogP contribution >= 0.6 is 0 Å². The Hall–Kier alpha value is -3.87. The number of amides is 2. The number of carbonyl (C=O) groups excluding carboxylic acids is 3. The van der Waals surface area contributed by atoms with E-state index in [4.69, 9.17) is 4.74 Å². The Balaban J connectivity index is 1.39. The Kier molecular flexibility index (Phi) is 5.69. The van der Waals surface area contributed by atoms with Crippen LogP contribution in [0.15, 0.2) is 65.5 Å². The van der Waals surface area contributed by atoms with Gasteiger partial charge in [0.05, 0.1) is 19.2 Å². The van der Waals surface area contributed by atoms with Gasteiger partial charge in [-0.3, -0.25) is 14.4 Å². The minimum absolute atomic E-state index is 0.00242. The van der Waals surface area contributed by atoms with Crippen molar-refractivity contribution in [2.75, 3.05) is 25.1 Å². The number of Topliss-reactive ketones (excluding diaryl/α,β-unsaturated/α-hetero) is 1. The SMILES string of the molecule is COc1ccc(C=C2CCC(=C3NCCN3C3CC(=O)N(c4ccc(C)cc4)C3=O)C2=O)cc1. The summed E-state index contributed by atoms with van der Waals surface area (Å²) in [4.78, 5) is 42.5. The van der Waals surface area contributed by atoms with Crippen molar-refractivity contribution in [2.24, 2.45) is 0 Å². The summed E-state index contributed by atoms with van der Waals surface area (Å²) >= 11 is 0. The molecule has 34 heavy (non-hydrogen) atoms. The monoisotopic (exact) mass is 457 g/mol. The van der Waals surface area contributed by atoms with Gasteiger partial charge < -0.3 is 15.0 Å². The van der Waals surface area contributed by atoms with Crippen molar-refractivity contribution >= 4 is 29.4 Å². The van der Waals surface area contributed by atoms with Crippen molar-refractivity contribution in [3.05, 3.63) is 76.6 Å². The number of anilines is 1. The molecule has 0 radical (unpaired) electrons. The van der Waals surface area contributed by atoms with E-state index in [1.807, 2.05) is 54.3 Å². The second-order valence-corrected chi connectivity index (χ2v) is 8.84. The van der Waals surface area contributed by atoms with Gasteiger partial charge in [0.1, 0.15) is 17.6 Å². The summed E-state index contributed by atoms with van der Waals surface area (Å²) in [5.41, 5.74) is 4.03. The molecule has 1 saturated carbocycles. The van der Waals surface area contributed by atoms with Crippen molar-refractivity contribution in [3.8, 4) is 5.75 Å². The molecule has 0 spiro atoms. The zero-order chi connectivity index (χ0) is 23.8. The van der Waals surface area contributed by atoms with Gasteiger partial charge in [-0.05, 0) is 55.7 Å². The lowest BCUT2D eigenvalue weighted by molar-refractivity contribution is -0.122. The fourth-order valence-electron chi connectivity index (χ4n) is 4.87. The van der Waals surface area contributed by atoms with Gasteiger partial charge >= 0.3 is 0 Å². The van der Waals surface area contributed by atoms with Crippen molar-refractivity contribution in [1.29, 1.82) is 0 Å². The summed E-state index contributed by atoms with van der Waals surface area (Å²) < 4.78 is 5.20. The van der Waals surface area contributed by atoms with Gasteiger partial charge in [0, 0.05) is 24.2 Å². The molecule has 2 amide bonds. The molecular weight excluding hydrogens is 430 g/mol. The molecule has 3 fully saturated rings. The summed E-state index contributed by atoms with van der Waals surface area (Å²) in [6.07, 6.45) is 3.27. The lowest BCUT2D eigenvalue weighted by Crippen LogP contribution is -2.41. The molecule has 1 atom stereocenters. The van der Waals surface area contributed by atoms with Crippen LogP contribution in [-0.4, -0.2) is 48.7 Å². The van der Waals surface area contributed by atoms with Crippen LogP contribution in [0, 0.1) is 6.92 Å². The molecule has 1 aliphatic carbocycles. The van der Waals surface area contributed by atoms with Crippen LogP contribution in [0.5, 0.6) is 5.75 Å². The molecule has 1 unspecified atom stereocenters. The highest BCUT2D eigenvalue weighted by Gasteiger charge is 2.45. The number of rotatable bonds is 4. The van der Waals surface area contributed by atoms with E-state index in [0.29, 0.717) is 43.0 Å². The van der Waals surface area contributed by atoms with Crippen molar-refractivity contribution in [3.63, 3.8) is 0 Å². The number of aryl methyl sites for hydroxylation is 1. The number of imide groups is 1. The molecule has 5 rings (SSSR count). The fourth-order valence-corrected chi connectivity index (χ4v) is 4.87. The molecule has 2 aliphatic heterocycles. The Morgan fingerprint density at radius 2 is 1.74 bits per heavy atom. The number of ether oxygens (including phenoxy) is 1. The van der Waals surface area contributed by atoms with E-state index in [2.05, 4.69) is 5.32 Å². The Morgan fingerprint density at radius 1 is 1.00 bits per heavy atom. The van der Waals surface area contributed by atoms with Gasteiger partial charge in [0.25, 0.3) is 5.91 Å². The van der Waals surface area contributed by atoms with E-state index in [-0.39, 0.29) is 24.0 Å². The van der Waals surface area contributed by atoms with Gasteiger partial charge in [-0.15, -0.1) is 0 Å². The summed E-state index contributed by atoms with van der Waals surface area (Å²) in [5, 5.41) is 3.31. The maximum atomic E-state index is 13.3. The quantitative estimate of drug-likeness (QED) is 0.561. The first-order chi connectivity index (χ1) is 16.5. The highest BCUT2D eigenvalue weighted by Crippen LogP contribution is 2.34. The Morgan fingerprint density at radius 3 is 2.44 bits per heavy atom. The van der Waals surface area contributed by atoms with Crippen molar-refractivity contribution in [1.82, 2.24) is 10.2 Å². The summed E-state index contributed by atoms with van der Waals surface area (Å²) in [6.45, 7) is 3.17. The average Bonchev–Trinajstić information content (AvgIpc) is 3.53. The number of methoxy groups -OCH3 is 1. The number of nitrogens with zero attached hydrogens (tertiary/aromatic N) is 2. The molecule has 0 bridgehead atoms. The fraction of sp³-hybridized carbons (Fsp3) is 0.296. The first kappa shape index (κ1) is 21.9. The summed E-state index contributed by atoms with van der Waals surface area (Å²) in [7, 11) is 1.62. The third kappa shape index (κ3) is 3.87. The smallest absolute Gasteiger partial charge is 0.257 e. The number of nitrogens with one attached hydrogen (secondary N) is 1.